The van der Waals surface area contributed by atoms with E-state index >= 15 is 0 Å². The highest BCUT2D eigenvalue weighted by molar-refractivity contribution is 6.27. The summed E-state index contributed by atoms with van der Waals surface area (Å²) < 4.78 is 4.63. The first-order valence-electron chi connectivity index (χ1n) is 9.90. The molecule has 0 atom stereocenters. The standard InChI is InChI=1S/C26H20N3/c1-14-15(2)22-19-8-6-7-9-20(19)29-21-13-18(27-4)12-17-10-11-28(5)25(24(17)21)23(16(14)3)26(22)29/h6-13H,1-3,5H3/q+1. The Balaban J connectivity index is 2.17. The summed E-state index contributed by atoms with van der Waals surface area (Å²) in [5, 5.41) is 6.27. The first-order chi connectivity index (χ1) is 14.0. The van der Waals surface area contributed by atoms with Gasteiger partial charge in [-0.1, -0.05) is 18.2 Å². The second-order valence-corrected chi connectivity index (χ2v) is 8.14. The summed E-state index contributed by atoms with van der Waals surface area (Å²) in [6.07, 6.45) is 2.12. The lowest BCUT2D eigenvalue weighted by molar-refractivity contribution is -0.643. The van der Waals surface area contributed by atoms with Crippen molar-refractivity contribution in [1.82, 2.24) is 4.40 Å². The normalized spacial score (nSPS) is 12.1. The van der Waals surface area contributed by atoms with Gasteiger partial charge in [-0.2, -0.15) is 0 Å². The molecule has 6 aromatic rings. The van der Waals surface area contributed by atoms with Crippen LogP contribution in [0.25, 0.3) is 53.8 Å². The molecule has 6 rings (SSSR count). The zero-order valence-electron chi connectivity index (χ0n) is 17.0. The van der Waals surface area contributed by atoms with Crippen LogP contribution in [0.1, 0.15) is 16.7 Å². The molecule has 3 heteroatoms. The topological polar surface area (TPSA) is 12.7 Å². The van der Waals surface area contributed by atoms with Crippen molar-refractivity contribution in [1.29, 1.82) is 0 Å². The summed E-state index contributed by atoms with van der Waals surface area (Å²) in [4.78, 5) is 3.77. The molecule has 138 valence electrons. The first kappa shape index (κ1) is 16.3. The Labute approximate surface area is 168 Å². The Kier molecular flexibility index (Phi) is 2.95. The molecule has 0 aliphatic carbocycles. The summed E-state index contributed by atoms with van der Waals surface area (Å²) in [5.41, 5.74) is 9.55. The average Bonchev–Trinajstić information content (AvgIpc) is 3.08. The summed E-state index contributed by atoms with van der Waals surface area (Å²) in [7, 11) is 2.13. The summed E-state index contributed by atoms with van der Waals surface area (Å²) in [6.45, 7) is 14.4. The predicted molar refractivity (Wildman–Crippen MR) is 120 cm³/mol. The molecule has 0 bridgehead atoms. The second kappa shape index (κ2) is 5.24. The number of fused-ring (bicyclic) bond motifs is 5. The van der Waals surface area contributed by atoms with Gasteiger partial charge < -0.3 is 4.40 Å². The lowest BCUT2D eigenvalue weighted by Crippen LogP contribution is -2.29. The Hall–Kier alpha value is -3.64. The number of hydrogen-bond donors (Lipinski definition) is 0. The number of para-hydroxylation sites is 1. The molecular formula is C26H20N3+. The van der Waals surface area contributed by atoms with Crippen LogP contribution in [0.3, 0.4) is 0 Å². The Morgan fingerprint density at radius 2 is 1.62 bits per heavy atom. The number of nitrogens with zero attached hydrogens (tertiary/aromatic N) is 3. The molecule has 3 aromatic heterocycles. The van der Waals surface area contributed by atoms with Gasteiger partial charge in [0, 0.05) is 16.8 Å². The highest BCUT2D eigenvalue weighted by atomic mass is 15.0. The van der Waals surface area contributed by atoms with Gasteiger partial charge in [0.2, 0.25) is 5.52 Å². The van der Waals surface area contributed by atoms with E-state index in [9.17, 15) is 0 Å². The van der Waals surface area contributed by atoms with Gasteiger partial charge in [0.25, 0.3) is 0 Å². The molecule has 0 saturated heterocycles. The van der Waals surface area contributed by atoms with E-state index in [0.29, 0.717) is 5.69 Å². The SMILES string of the molecule is [C-]#[N+]c1cc2cc[n+](C)c3c4c(C)c(C)c(C)c5c6ccccc6n(c(c1)c23)c54. The van der Waals surface area contributed by atoms with E-state index < -0.39 is 0 Å². The van der Waals surface area contributed by atoms with E-state index in [2.05, 4.69) is 84.2 Å². The van der Waals surface area contributed by atoms with Gasteiger partial charge in [-0.05, 0) is 61.0 Å². The number of pyridine rings is 2. The van der Waals surface area contributed by atoms with Crippen LogP contribution in [-0.4, -0.2) is 4.40 Å². The van der Waals surface area contributed by atoms with Crippen LogP contribution in [-0.2, 0) is 7.05 Å². The van der Waals surface area contributed by atoms with Crippen LogP contribution < -0.4 is 4.57 Å². The van der Waals surface area contributed by atoms with Crippen molar-refractivity contribution in [3.05, 3.63) is 76.8 Å². The molecule has 0 aliphatic heterocycles. The lowest BCUT2D eigenvalue weighted by Gasteiger charge is -2.16. The predicted octanol–water partition coefficient (Wildman–Crippen LogP) is 6.29. The molecule has 0 aliphatic rings. The van der Waals surface area contributed by atoms with Crippen molar-refractivity contribution in [3.63, 3.8) is 0 Å². The molecule has 0 unspecified atom stereocenters. The van der Waals surface area contributed by atoms with Gasteiger partial charge in [0.15, 0.2) is 11.9 Å². The largest absolute Gasteiger partial charge is 0.309 e. The van der Waals surface area contributed by atoms with Crippen molar-refractivity contribution >= 4 is 54.7 Å². The fourth-order valence-electron chi connectivity index (χ4n) is 5.24. The van der Waals surface area contributed by atoms with Crippen LogP contribution in [0, 0.1) is 27.3 Å². The highest BCUT2D eigenvalue weighted by Crippen LogP contribution is 2.44. The third-order valence-corrected chi connectivity index (χ3v) is 6.79. The first-order valence-corrected chi connectivity index (χ1v) is 9.90. The summed E-state index contributed by atoms with van der Waals surface area (Å²) >= 11 is 0. The Morgan fingerprint density at radius 1 is 0.862 bits per heavy atom. The Morgan fingerprint density at radius 3 is 2.41 bits per heavy atom. The summed E-state index contributed by atoms with van der Waals surface area (Å²) in [5.74, 6) is 0. The van der Waals surface area contributed by atoms with Crippen molar-refractivity contribution in [2.75, 3.05) is 0 Å². The maximum Gasteiger partial charge on any atom is 0.224 e. The fourth-order valence-corrected chi connectivity index (χ4v) is 5.24. The molecular weight excluding hydrogens is 354 g/mol. The number of aromatic nitrogens is 2. The van der Waals surface area contributed by atoms with Crippen molar-refractivity contribution < 1.29 is 4.57 Å². The number of aryl methyl sites for hydroxylation is 3. The third kappa shape index (κ3) is 1.80. The van der Waals surface area contributed by atoms with Gasteiger partial charge in [0.1, 0.15) is 7.05 Å². The molecule has 3 aromatic carbocycles. The quantitative estimate of drug-likeness (QED) is 0.128. The molecule has 0 fully saturated rings. The molecule has 3 nitrogen and oxygen atoms in total. The molecule has 0 amide bonds. The van der Waals surface area contributed by atoms with Gasteiger partial charge in [0.05, 0.1) is 33.9 Å². The van der Waals surface area contributed by atoms with E-state index in [1.807, 2.05) is 6.07 Å². The van der Waals surface area contributed by atoms with Crippen molar-refractivity contribution in [3.8, 4) is 0 Å². The average molecular weight is 374 g/mol. The highest BCUT2D eigenvalue weighted by Gasteiger charge is 2.26. The van der Waals surface area contributed by atoms with Crippen LogP contribution in [0.4, 0.5) is 5.69 Å². The molecule has 0 radical (unpaired) electrons. The smallest absolute Gasteiger partial charge is 0.224 e. The minimum absolute atomic E-state index is 0.683. The zero-order valence-corrected chi connectivity index (χ0v) is 17.0. The molecule has 0 spiro atoms. The monoisotopic (exact) mass is 374 g/mol. The van der Waals surface area contributed by atoms with E-state index in [0.717, 1.165) is 10.9 Å². The van der Waals surface area contributed by atoms with Crippen LogP contribution >= 0.6 is 0 Å². The zero-order chi connectivity index (χ0) is 20.0. The van der Waals surface area contributed by atoms with Crippen molar-refractivity contribution in [2.45, 2.75) is 20.8 Å². The van der Waals surface area contributed by atoms with Crippen LogP contribution in [0.2, 0.25) is 0 Å². The number of rotatable bonds is 0. The van der Waals surface area contributed by atoms with E-state index in [4.69, 9.17) is 6.57 Å². The number of benzene rings is 3. The molecule has 0 saturated carbocycles. The second-order valence-electron chi connectivity index (χ2n) is 8.14. The summed E-state index contributed by atoms with van der Waals surface area (Å²) in [6, 6.07) is 14.9. The van der Waals surface area contributed by atoms with Crippen LogP contribution in [0.5, 0.6) is 0 Å². The van der Waals surface area contributed by atoms with Crippen molar-refractivity contribution in [2.24, 2.45) is 7.05 Å². The van der Waals surface area contributed by atoms with Gasteiger partial charge in [-0.3, -0.25) is 0 Å². The molecule has 0 N–H and O–H groups in total. The maximum atomic E-state index is 7.63. The molecule has 3 heterocycles. The lowest BCUT2D eigenvalue weighted by atomic mass is 9.92. The van der Waals surface area contributed by atoms with E-state index in [-0.39, 0.29) is 0 Å². The fraction of sp³-hybridized carbons (Fsp3) is 0.154. The van der Waals surface area contributed by atoms with E-state index in [1.165, 1.54) is 54.8 Å². The van der Waals surface area contributed by atoms with Crippen LogP contribution in [0.15, 0.2) is 48.7 Å². The number of hydrogen-bond acceptors (Lipinski definition) is 0. The van der Waals surface area contributed by atoms with E-state index in [1.54, 1.807) is 0 Å². The Bertz CT molecular complexity index is 1690. The minimum Gasteiger partial charge on any atom is -0.309 e. The third-order valence-electron chi connectivity index (χ3n) is 6.79. The minimum atomic E-state index is 0.683. The maximum absolute atomic E-state index is 7.63. The van der Waals surface area contributed by atoms with Gasteiger partial charge in [-0.25, -0.2) is 9.41 Å². The van der Waals surface area contributed by atoms with Gasteiger partial charge in [-0.15, -0.1) is 0 Å². The van der Waals surface area contributed by atoms with Gasteiger partial charge >= 0.3 is 0 Å². The molecule has 29 heavy (non-hydrogen) atoms.